The summed E-state index contributed by atoms with van der Waals surface area (Å²) < 4.78 is 29.3. The van der Waals surface area contributed by atoms with Gasteiger partial charge in [0, 0.05) is 23.7 Å². The number of tetrazole rings is 1. The Morgan fingerprint density at radius 1 is 1.22 bits per heavy atom. The van der Waals surface area contributed by atoms with Crippen molar-refractivity contribution in [2.45, 2.75) is 42.8 Å². The molecule has 1 aliphatic rings. The maximum absolute atomic E-state index is 13.1. The van der Waals surface area contributed by atoms with Crippen LogP contribution in [0.1, 0.15) is 29.7 Å². The highest BCUT2D eigenvalue weighted by Gasteiger charge is 2.27. The molecule has 12 heteroatoms. The number of piperidine rings is 1. The minimum absolute atomic E-state index is 0.104. The number of thiophene rings is 1. The smallest absolute Gasteiger partial charge is 0.243 e. The number of nitrogens with one attached hydrogen (secondary N) is 1. The van der Waals surface area contributed by atoms with Crippen molar-refractivity contribution in [3.05, 3.63) is 46.2 Å². The Hall–Kier alpha value is -2.28. The Morgan fingerprint density at radius 2 is 2.03 bits per heavy atom. The quantitative estimate of drug-likeness (QED) is 0.481. The lowest BCUT2D eigenvalue weighted by molar-refractivity contribution is -0.113. The van der Waals surface area contributed by atoms with Gasteiger partial charge in [-0.05, 0) is 59.3 Å². The van der Waals surface area contributed by atoms with Gasteiger partial charge in [-0.15, -0.1) is 16.4 Å². The van der Waals surface area contributed by atoms with Crippen molar-refractivity contribution >= 4 is 44.7 Å². The number of sulfonamides is 1. The fourth-order valence-electron chi connectivity index (χ4n) is 3.48. The first-order chi connectivity index (χ1) is 15.4. The van der Waals surface area contributed by atoms with E-state index in [1.807, 2.05) is 17.5 Å². The molecule has 1 saturated heterocycles. The highest BCUT2D eigenvalue weighted by atomic mass is 32.2. The number of thioether (sulfide) groups is 1. The number of carbonyl (C=O) groups is 1. The average molecular weight is 493 g/mol. The number of rotatable bonds is 8. The third-order valence-corrected chi connectivity index (χ3v) is 8.98. The number of nitrogens with zero attached hydrogens (tertiary/aromatic N) is 5. The van der Waals surface area contributed by atoms with E-state index in [2.05, 4.69) is 20.8 Å². The number of amides is 1. The molecule has 3 heterocycles. The summed E-state index contributed by atoms with van der Waals surface area (Å²) >= 11 is 2.84. The minimum Gasteiger partial charge on any atom is -0.325 e. The molecule has 0 bridgehead atoms. The first-order valence-corrected chi connectivity index (χ1v) is 13.6. The molecular weight excluding hydrogens is 468 g/mol. The lowest BCUT2D eigenvalue weighted by Gasteiger charge is -2.26. The summed E-state index contributed by atoms with van der Waals surface area (Å²) in [5.41, 5.74) is 1.12. The van der Waals surface area contributed by atoms with Crippen molar-refractivity contribution in [2.75, 3.05) is 24.2 Å². The lowest BCUT2D eigenvalue weighted by atomic mass is 10.2. The van der Waals surface area contributed by atoms with Gasteiger partial charge >= 0.3 is 0 Å². The van der Waals surface area contributed by atoms with Crippen LogP contribution in [0.15, 0.2) is 45.8 Å². The van der Waals surface area contributed by atoms with Crippen molar-refractivity contribution in [3.8, 4) is 0 Å². The lowest BCUT2D eigenvalue weighted by Crippen LogP contribution is -2.36. The molecule has 0 atom stereocenters. The van der Waals surface area contributed by atoms with Gasteiger partial charge in [-0.2, -0.15) is 4.31 Å². The second kappa shape index (κ2) is 10.1. The molecule has 9 nitrogen and oxygen atoms in total. The largest absolute Gasteiger partial charge is 0.325 e. The summed E-state index contributed by atoms with van der Waals surface area (Å²) in [6.45, 7) is 3.39. The number of hydrogen-bond acceptors (Lipinski definition) is 8. The SMILES string of the molecule is Cc1ccc(NC(=O)CSc2nnnn2Cc2cccs2)cc1S(=O)(=O)N1CCCCC1. The summed E-state index contributed by atoms with van der Waals surface area (Å²) in [5, 5.41) is 17.0. The number of anilines is 1. The number of benzene rings is 1. The zero-order valence-corrected chi connectivity index (χ0v) is 20.0. The minimum atomic E-state index is -3.58. The second-order valence-electron chi connectivity index (χ2n) is 7.48. The molecule has 0 spiro atoms. The van der Waals surface area contributed by atoms with E-state index in [0.29, 0.717) is 36.0 Å². The molecule has 4 rings (SSSR count). The van der Waals surface area contributed by atoms with Crippen LogP contribution < -0.4 is 5.32 Å². The Morgan fingerprint density at radius 3 is 2.78 bits per heavy atom. The van der Waals surface area contributed by atoms with Crippen LogP contribution in [0.25, 0.3) is 0 Å². The summed E-state index contributed by atoms with van der Waals surface area (Å²) in [4.78, 5) is 13.9. The molecule has 3 aromatic rings. The van der Waals surface area contributed by atoms with Crippen LogP contribution in [-0.2, 0) is 21.4 Å². The summed E-state index contributed by atoms with van der Waals surface area (Å²) in [6, 6.07) is 8.95. The van der Waals surface area contributed by atoms with Gasteiger partial charge in [-0.25, -0.2) is 13.1 Å². The van der Waals surface area contributed by atoms with Crippen LogP contribution in [0.3, 0.4) is 0 Å². The number of carbonyl (C=O) groups excluding carboxylic acids is 1. The first-order valence-electron chi connectivity index (χ1n) is 10.3. The van der Waals surface area contributed by atoms with Crippen LogP contribution in [-0.4, -0.2) is 57.7 Å². The average Bonchev–Trinajstić information content (AvgIpc) is 3.46. The van der Waals surface area contributed by atoms with E-state index < -0.39 is 10.0 Å². The van der Waals surface area contributed by atoms with Gasteiger partial charge in [0.05, 0.1) is 17.2 Å². The van der Waals surface area contributed by atoms with E-state index in [4.69, 9.17) is 0 Å². The molecule has 1 aliphatic heterocycles. The Bertz CT molecular complexity index is 1170. The highest BCUT2D eigenvalue weighted by Crippen LogP contribution is 2.26. The second-order valence-corrected chi connectivity index (χ2v) is 11.4. The summed E-state index contributed by atoms with van der Waals surface area (Å²) in [7, 11) is -3.58. The van der Waals surface area contributed by atoms with Crippen LogP contribution in [0.2, 0.25) is 0 Å². The summed E-state index contributed by atoms with van der Waals surface area (Å²) in [5.74, 6) is -0.154. The van der Waals surface area contributed by atoms with Gasteiger partial charge in [0.1, 0.15) is 0 Å². The van der Waals surface area contributed by atoms with E-state index >= 15 is 0 Å². The van der Waals surface area contributed by atoms with Crippen LogP contribution in [0.5, 0.6) is 0 Å². The van der Waals surface area contributed by atoms with E-state index in [-0.39, 0.29) is 16.6 Å². The molecule has 170 valence electrons. The van der Waals surface area contributed by atoms with Gasteiger partial charge in [-0.3, -0.25) is 4.79 Å². The first kappa shape index (κ1) is 22.9. The molecule has 1 amide bonds. The van der Waals surface area contributed by atoms with Crippen molar-refractivity contribution in [2.24, 2.45) is 0 Å². The molecule has 0 unspecified atom stereocenters. The Balaban J connectivity index is 1.40. The normalized spacial score (nSPS) is 15.0. The predicted octanol–water partition coefficient (Wildman–Crippen LogP) is 3.00. The van der Waals surface area contributed by atoms with E-state index in [1.165, 1.54) is 16.1 Å². The maximum atomic E-state index is 13.1. The maximum Gasteiger partial charge on any atom is 0.243 e. The Labute approximate surface area is 195 Å². The molecule has 1 aromatic carbocycles. The van der Waals surface area contributed by atoms with Gasteiger partial charge < -0.3 is 5.32 Å². The molecule has 2 aromatic heterocycles. The Kier molecular flexibility index (Phi) is 7.23. The van der Waals surface area contributed by atoms with E-state index in [9.17, 15) is 13.2 Å². The zero-order valence-electron chi connectivity index (χ0n) is 17.6. The number of aromatic nitrogens is 4. The van der Waals surface area contributed by atoms with Gasteiger partial charge in [0.25, 0.3) is 0 Å². The number of aryl methyl sites for hydroxylation is 1. The topological polar surface area (TPSA) is 110 Å². The predicted molar refractivity (Wildman–Crippen MR) is 124 cm³/mol. The molecule has 0 radical (unpaired) electrons. The molecular formula is C20H24N6O3S3. The van der Waals surface area contributed by atoms with E-state index in [0.717, 1.165) is 24.1 Å². The van der Waals surface area contributed by atoms with Crippen molar-refractivity contribution in [3.63, 3.8) is 0 Å². The highest BCUT2D eigenvalue weighted by molar-refractivity contribution is 7.99. The van der Waals surface area contributed by atoms with Gasteiger partial charge in [0.2, 0.25) is 21.1 Å². The van der Waals surface area contributed by atoms with Crippen LogP contribution >= 0.6 is 23.1 Å². The molecule has 0 aliphatic carbocycles. The molecule has 1 N–H and O–H groups in total. The summed E-state index contributed by atoms with van der Waals surface area (Å²) in [6.07, 6.45) is 2.80. The van der Waals surface area contributed by atoms with Gasteiger partial charge in [-0.1, -0.05) is 30.3 Å². The fourth-order valence-corrected chi connectivity index (χ4v) is 6.61. The van der Waals surface area contributed by atoms with E-state index in [1.54, 1.807) is 41.1 Å². The third-order valence-electron chi connectivity index (χ3n) is 5.12. The van der Waals surface area contributed by atoms with Gasteiger partial charge in [0.15, 0.2) is 0 Å². The molecule has 32 heavy (non-hydrogen) atoms. The van der Waals surface area contributed by atoms with Crippen LogP contribution in [0, 0.1) is 6.92 Å². The van der Waals surface area contributed by atoms with Crippen LogP contribution in [0.4, 0.5) is 5.69 Å². The molecule has 1 fully saturated rings. The molecule has 0 saturated carbocycles. The fraction of sp³-hybridized carbons (Fsp3) is 0.400. The number of hydrogen-bond donors (Lipinski definition) is 1. The standard InChI is InChI=1S/C20H24N6O3S3/c1-15-7-8-16(12-18(15)32(28,29)25-9-3-2-4-10-25)21-19(27)14-31-20-22-23-24-26(20)13-17-6-5-11-30-17/h5-8,11-12H,2-4,9-10,13-14H2,1H3,(H,21,27). The third kappa shape index (κ3) is 5.37. The van der Waals surface area contributed by atoms with Crippen molar-refractivity contribution < 1.29 is 13.2 Å². The monoisotopic (exact) mass is 492 g/mol. The zero-order chi connectivity index (χ0) is 22.6. The van der Waals surface area contributed by atoms with Crippen molar-refractivity contribution in [1.29, 1.82) is 0 Å². The van der Waals surface area contributed by atoms with Crippen molar-refractivity contribution in [1.82, 2.24) is 24.5 Å².